The van der Waals surface area contributed by atoms with Crippen LogP contribution in [0, 0.1) is 17.7 Å². The van der Waals surface area contributed by atoms with E-state index in [4.69, 9.17) is 5.73 Å². The number of halogens is 1. The van der Waals surface area contributed by atoms with Gasteiger partial charge in [-0.2, -0.15) is 0 Å². The highest BCUT2D eigenvalue weighted by atomic mass is 19.1. The molecule has 0 aromatic heterocycles. The van der Waals surface area contributed by atoms with Gasteiger partial charge in [-0.3, -0.25) is 0 Å². The summed E-state index contributed by atoms with van der Waals surface area (Å²) < 4.78 is 13.1. The van der Waals surface area contributed by atoms with Gasteiger partial charge in [0.2, 0.25) is 0 Å². The predicted octanol–water partition coefficient (Wildman–Crippen LogP) is 3.81. The molecule has 0 spiro atoms. The molecule has 20 heavy (non-hydrogen) atoms. The van der Waals surface area contributed by atoms with E-state index in [0.717, 1.165) is 18.2 Å². The molecule has 1 aliphatic carbocycles. The van der Waals surface area contributed by atoms with E-state index in [-0.39, 0.29) is 5.82 Å². The Balaban J connectivity index is 2.16. The summed E-state index contributed by atoms with van der Waals surface area (Å²) in [4.78, 5) is 2.35. The number of rotatable bonds is 5. The zero-order valence-corrected chi connectivity index (χ0v) is 12.7. The molecular weight excluding hydrogens is 251 g/mol. The normalized spacial score (nSPS) is 24.4. The van der Waals surface area contributed by atoms with Crippen LogP contribution in [-0.2, 0) is 0 Å². The fraction of sp³-hybridized carbons (Fsp3) is 0.647. The second-order valence-corrected chi connectivity index (χ2v) is 6.10. The maximum Gasteiger partial charge on any atom is 0.123 e. The molecule has 0 radical (unpaired) electrons. The fourth-order valence-electron chi connectivity index (χ4n) is 3.65. The van der Waals surface area contributed by atoms with Gasteiger partial charge in [-0.15, -0.1) is 0 Å². The van der Waals surface area contributed by atoms with E-state index < -0.39 is 0 Å². The number of nitrogens with zero attached hydrogens (tertiary/aromatic N) is 1. The van der Waals surface area contributed by atoms with Gasteiger partial charge in [0.25, 0.3) is 0 Å². The Bertz CT molecular complexity index is 404. The molecule has 0 heterocycles. The van der Waals surface area contributed by atoms with Crippen molar-refractivity contribution in [1.29, 1.82) is 0 Å². The van der Waals surface area contributed by atoms with Crippen molar-refractivity contribution in [3.8, 4) is 0 Å². The molecule has 2 rings (SSSR count). The quantitative estimate of drug-likeness (QED) is 0.887. The van der Waals surface area contributed by atoms with Crippen LogP contribution in [0.1, 0.15) is 39.5 Å². The van der Waals surface area contributed by atoms with E-state index >= 15 is 0 Å². The van der Waals surface area contributed by atoms with E-state index in [2.05, 4.69) is 18.7 Å². The molecule has 0 amide bonds. The van der Waals surface area contributed by atoms with Crippen molar-refractivity contribution in [3.63, 3.8) is 0 Å². The summed E-state index contributed by atoms with van der Waals surface area (Å²) in [6.45, 7) is 6.08. The molecule has 112 valence electrons. The molecule has 3 unspecified atom stereocenters. The van der Waals surface area contributed by atoms with Gasteiger partial charge >= 0.3 is 0 Å². The lowest BCUT2D eigenvalue weighted by Gasteiger charge is -2.40. The van der Waals surface area contributed by atoms with Crippen molar-refractivity contribution in [2.24, 2.45) is 17.6 Å². The number of nitrogens with two attached hydrogens (primary N) is 1. The van der Waals surface area contributed by atoms with Gasteiger partial charge in [-0.1, -0.05) is 19.8 Å². The first-order valence-electron chi connectivity index (χ1n) is 7.88. The van der Waals surface area contributed by atoms with E-state index in [1.165, 1.54) is 37.8 Å². The average molecular weight is 278 g/mol. The van der Waals surface area contributed by atoms with E-state index in [1.807, 2.05) is 12.1 Å². The number of benzene rings is 1. The number of hydrogen-bond donors (Lipinski definition) is 1. The van der Waals surface area contributed by atoms with Crippen LogP contribution in [0.15, 0.2) is 24.3 Å². The molecule has 1 aliphatic rings. The van der Waals surface area contributed by atoms with Gasteiger partial charge in [-0.05, 0) is 55.9 Å². The highest BCUT2D eigenvalue weighted by molar-refractivity contribution is 5.47. The van der Waals surface area contributed by atoms with Crippen LogP contribution in [0.5, 0.6) is 0 Å². The summed E-state index contributed by atoms with van der Waals surface area (Å²) in [5.41, 5.74) is 7.16. The smallest absolute Gasteiger partial charge is 0.123 e. The molecular formula is C17H27FN2. The molecule has 3 heteroatoms. The maximum absolute atomic E-state index is 13.1. The van der Waals surface area contributed by atoms with Gasteiger partial charge in [0.15, 0.2) is 0 Å². The van der Waals surface area contributed by atoms with E-state index in [0.29, 0.717) is 18.5 Å². The zero-order valence-electron chi connectivity index (χ0n) is 12.7. The average Bonchev–Trinajstić information content (AvgIpc) is 2.46. The maximum atomic E-state index is 13.1. The summed E-state index contributed by atoms with van der Waals surface area (Å²) in [5, 5.41) is 0. The fourth-order valence-corrected chi connectivity index (χ4v) is 3.65. The lowest BCUT2D eigenvalue weighted by atomic mass is 9.78. The van der Waals surface area contributed by atoms with Crippen LogP contribution in [0.25, 0.3) is 0 Å². The molecule has 3 atom stereocenters. The van der Waals surface area contributed by atoms with Gasteiger partial charge in [0.1, 0.15) is 5.82 Å². The van der Waals surface area contributed by atoms with Crippen molar-refractivity contribution in [2.45, 2.75) is 45.6 Å². The van der Waals surface area contributed by atoms with Crippen LogP contribution >= 0.6 is 0 Å². The molecule has 1 aromatic carbocycles. The van der Waals surface area contributed by atoms with E-state index in [1.54, 1.807) is 0 Å². The van der Waals surface area contributed by atoms with Crippen LogP contribution in [0.3, 0.4) is 0 Å². The minimum absolute atomic E-state index is 0.180. The Labute approximate surface area is 122 Å². The second-order valence-electron chi connectivity index (χ2n) is 6.10. The largest absolute Gasteiger partial charge is 0.367 e. The first-order chi connectivity index (χ1) is 9.65. The molecule has 1 aromatic rings. The van der Waals surface area contributed by atoms with Crippen molar-refractivity contribution >= 4 is 5.69 Å². The lowest BCUT2D eigenvalue weighted by Crippen LogP contribution is -2.47. The molecule has 1 saturated carbocycles. The third-order valence-electron chi connectivity index (χ3n) is 4.66. The Hall–Kier alpha value is -1.09. The van der Waals surface area contributed by atoms with Crippen LogP contribution in [0.2, 0.25) is 0 Å². The summed E-state index contributed by atoms with van der Waals surface area (Å²) in [7, 11) is 0. The Kier molecular flexibility index (Phi) is 5.41. The summed E-state index contributed by atoms with van der Waals surface area (Å²) in [6, 6.07) is 7.18. The third kappa shape index (κ3) is 3.51. The first-order valence-corrected chi connectivity index (χ1v) is 7.88. The SMILES string of the molecule is CCN(c1ccc(F)cc1)C(CN)C1CCCC(C)C1. The molecule has 1 fully saturated rings. The highest BCUT2D eigenvalue weighted by Crippen LogP contribution is 2.34. The van der Waals surface area contributed by atoms with E-state index in [9.17, 15) is 4.39 Å². The Morgan fingerprint density at radius 1 is 1.30 bits per heavy atom. The number of likely N-dealkylation sites (N-methyl/N-ethyl adjacent to an activating group) is 1. The topological polar surface area (TPSA) is 29.3 Å². The van der Waals surface area contributed by atoms with Crippen molar-refractivity contribution in [1.82, 2.24) is 0 Å². The molecule has 2 N–H and O–H groups in total. The minimum atomic E-state index is -0.180. The number of anilines is 1. The van der Waals surface area contributed by atoms with Crippen LogP contribution < -0.4 is 10.6 Å². The molecule has 0 saturated heterocycles. The van der Waals surface area contributed by atoms with Crippen molar-refractivity contribution in [2.75, 3.05) is 18.0 Å². The van der Waals surface area contributed by atoms with Crippen LogP contribution in [-0.4, -0.2) is 19.1 Å². The van der Waals surface area contributed by atoms with Gasteiger partial charge in [0, 0.05) is 24.8 Å². The summed E-state index contributed by atoms with van der Waals surface area (Å²) in [6.07, 6.45) is 5.18. The summed E-state index contributed by atoms with van der Waals surface area (Å²) in [5.74, 6) is 1.28. The van der Waals surface area contributed by atoms with Crippen molar-refractivity contribution < 1.29 is 4.39 Å². The minimum Gasteiger partial charge on any atom is -0.367 e. The predicted molar refractivity (Wildman–Crippen MR) is 83.4 cm³/mol. The Morgan fingerprint density at radius 3 is 2.55 bits per heavy atom. The third-order valence-corrected chi connectivity index (χ3v) is 4.66. The second kappa shape index (κ2) is 7.07. The number of hydrogen-bond acceptors (Lipinski definition) is 2. The monoisotopic (exact) mass is 278 g/mol. The molecule has 0 bridgehead atoms. The highest BCUT2D eigenvalue weighted by Gasteiger charge is 2.29. The lowest BCUT2D eigenvalue weighted by molar-refractivity contribution is 0.242. The zero-order chi connectivity index (χ0) is 14.5. The van der Waals surface area contributed by atoms with Crippen molar-refractivity contribution in [3.05, 3.63) is 30.1 Å². The van der Waals surface area contributed by atoms with Gasteiger partial charge in [0.05, 0.1) is 0 Å². The first kappa shape index (κ1) is 15.3. The van der Waals surface area contributed by atoms with Crippen LogP contribution in [0.4, 0.5) is 10.1 Å². The standard InChI is InChI=1S/C17H27FN2/c1-3-20(16-9-7-15(18)8-10-16)17(12-19)14-6-4-5-13(2)11-14/h7-10,13-14,17H,3-6,11-12,19H2,1-2H3. The van der Waals surface area contributed by atoms with Gasteiger partial charge in [-0.25, -0.2) is 4.39 Å². The summed E-state index contributed by atoms with van der Waals surface area (Å²) >= 11 is 0. The Morgan fingerprint density at radius 2 is 2.00 bits per heavy atom. The molecule has 0 aliphatic heterocycles. The molecule has 2 nitrogen and oxygen atoms in total. The van der Waals surface area contributed by atoms with Gasteiger partial charge < -0.3 is 10.6 Å².